The highest BCUT2D eigenvalue weighted by atomic mass is 16.1. The van der Waals surface area contributed by atoms with Crippen LogP contribution < -0.4 is 0 Å². The summed E-state index contributed by atoms with van der Waals surface area (Å²) in [5.74, 6) is 0. The molecular formula is C14H11N3O. The lowest BCUT2D eigenvalue weighted by molar-refractivity contribution is 0.111. The normalized spacial score (nSPS) is 13.1. The molecule has 3 rings (SSSR count). The zero-order valence-electron chi connectivity index (χ0n) is 9.65. The number of carbonyl (C=O) groups is 1. The average molecular weight is 237 g/mol. The maximum atomic E-state index is 11.2. The van der Waals surface area contributed by atoms with Crippen LogP contribution in [0.4, 0.5) is 0 Å². The van der Waals surface area contributed by atoms with Crippen LogP contribution in [0.3, 0.4) is 0 Å². The Bertz CT molecular complexity index is 639. The quantitative estimate of drug-likeness (QED) is 0.754. The Morgan fingerprint density at radius 3 is 3.00 bits per heavy atom. The lowest BCUT2D eigenvalue weighted by atomic mass is 10.1. The molecule has 0 radical (unpaired) electrons. The van der Waals surface area contributed by atoms with Crippen LogP contribution in [0.2, 0.25) is 0 Å². The molecule has 0 saturated heterocycles. The van der Waals surface area contributed by atoms with E-state index in [0.717, 1.165) is 29.7 Å². The number of hydrogen-bond acceptors (Lipinski definition) is 3. The summed E-state index contributed by atoms with van der Waals surface area (Å²) < 4.78 is 1.72. The summed E-state index contributed by atoms with van der Waals surface area (Å²) in [6.07, 6.45) is 11.2. The molecule has 0 bridgehead atoms. The molecule has 0 amide bonds. The highest BCUT2D eigenvalue weighted by Gasteiger charge is 2.17. The molecule has 0 atom stereocenters. The highest BCUT2D eigenvalue weighted by Crippen LogP contribution is 2.27. The zero-order valence-corrected chi connectivity index (χ0v) is 9.65. The molecule has 0 unspecified atom stereocenters. The summed E-state index contributed by atoms with van der Waals surface area (Å²) >= 11 is 0. The van der Waals surface area contributed by atoms with Crippen LogP contribution in [0, 0.1) is 0 Å². The summed E-state index contributed by atoms with van der Waals surface area (Å²) in [5, 5.41) is 4.28. The second-order valence-electron chi connectivity index (χ2n) is 3.95. The minimum absolute atomic E-state index is 0.417. The molecule has 4 heteroatoms. The molecule has 1 aliphatic heterocycles. The largest absolute Gasteiger partial charge is 0.296 e. The van der Waals surface area contributed by atoms with Gasteiger partial charge in [0.25, 0.3) is 0 Å². The zero-order chi connectivity index (χ0) is 12.4. The molecule has 2 aromatic heterocycles. The molecule has 88 valence electrons. The maximum absolute atomic E-state index is 11.2. The van der Waals surface area contributed by atoms with Gasteiger partial charge >= 0.3 is 0 Å². The fourth-order valence-corrected chi connectivity index (χ4v) is 2.01. The van der Waals surface area contributed by atoms with E-state index in [-0.39, 0.29) is 0 Å². The van der Waals surface area contributed by atoms with Crippen molar-refractivity contribution >= 4 is 18.6 Å². The molecule has 0 spiro atoms. The van der Waals surface area contributed by atoms with E-state index in [1.807, 2.05) is 42.6 Å². The van der Waals surface area contributed by atoms with Crippen LogP contribution in [-0.2, 0) is 0 Å². The number of aromatic nitrogens is 3. The Morgan fingerprint density at radius 1 is 1.28 bits per heavy atom. The molecule has 0 saturated carbocycles. The molecule has 1 aliphatic rings. The molecule has 0 fully saturated rings. The van der Waals surface area contributed by atoms with Gasteiger partial charge in [0.1, 0.15) is 5.69 Å². The molecule has 2 aromatic rings. The Labute approximate surface area is 104 Å². The third-order valence-corrected chi connectivity index (χ3v) is 2.80. The third kappa shape index (κ3) is 1.68. The van der Waals surface area contributed by atoms with Gasteiger partial charge in [0.15, 0.2) is 6.29 Å². The van der Waals surface area contributed by atoms with Gasteiger partial charge in [-0.1, -0.05) is 18.2 Å². The van der Waals surface area contributed by atoms with Crippen LogP contribution in [0.15, 0.2) is 36.5 Å². The summed E-state index contributed by atoms with van der Waals surface area (Å²) in [7, 11) is 0. The van der Waals surface area contributed by atoms with Gasteiger partial charge in [-0.15, -0.1) is 0 Å². The molecular weight excluding hydrogens is 226 g/mol. The first-order chi connectivity index (χ1) is 8.90. The van der Waals surface area contributed by atoms with Crippen molar-refractivity contribution in [3.8, 4) is 11.3 Å². The lowest BCUT2D eigenvalue weighted by Crippen LogP contribution is -1.91. The van der Waals surface area contributed by atoms with E-state index in [1.165, 1.54) is 0 Å². The van der Waals surface area contributed by atoms with Crippen molar-refractivity contribution in [1.29, 1.82) is 0 Å². The minimum Gasteiger partial charge on any atom is -0.296 e. The number of hydrogen-bond donors (Lipinski definition) is 0. The second kappa shape index (κ2) is 4.41. The number of carbonyl (C=O) groups excluding carboxylic acids is 1. The van der Waals surface area contributed by atoms with Crippen molar-refractivity contribution in [3.05, 3.63) is 47.9 Å². The van der Waals surface area contributed by atoms with Crippen molar-refractivity contribution in [2.45, 2.75) is 6.42 Å². The number of aldehydes is 1. The van der Waals surface area contributed by atoms with E-state index in [2.05, 4.69) is 10.1 Å². The molecule has 18 heavy (non-hydrogen) atoms. The number of nitrogens with zero attached hydrogens (tertiary/aromatic N) is 3. The topological polar surface area (TPSA) is 47.8 Å². The fraction of sp³-hybridized carbons (Fsp3) is 0.0714. The molecule has 4 nitrogen and oxygen atoms in total. The van der Waals surface area contributed by atoms with Crippen LogP contribution in [0.5, 0.6) is 0 Å². The van der Waals surface area contributed by atoms with E-state index in [1.54, 1.807) is 10.9 Å². The predicted molar refractivity (Wildman–Crippen MR) is 69.8 cm³/mol. The van der Waals surface area contributed by atoms with Crippen LogP contribution in [0.1, 0.15) is 22.6 Å². The van der Waals surface area contributed by atoms with E-state index in [4.69, 9.17) is 0 Å². The van der Waals surface area contributed by atoms with E-state index >= 15 is 0 Å². The molecule has 0 N–H and O–H groups in total. The van der Waals surface area contributed by atoms with Gasteiger partial charge in [-0.05, 0) is 24.6 Å². The predicted octanol–water partition coefficient (Wildman–Crippen LogP) is 2.65. The summed E-state index contributed by atoms with van der Waals surface area (Å²) in [6.45, 7) is 0. The Balaban J connectivity index is 2.28. The highest BCUT2D eigenvalue weighted by molar-refractivity contribution is 5.89. The van der Waals surface area contributed by atoms with Gasteiger partial charge in [0.05, 0.1) is 17.0 Å². The Hall–Kier alpha value is -2.49. The first-order valence-corrected chi connectivity index (χ1v) is 5.72. The smallest absolute Gasteiger partial charge is 0.171 e. The standard InChI is InChI=1S/C14H11N3O/c18-10-12-14(11-6-3-4-8-15-11)13-7-2-1-5-9-17(13)16-12/h2-10H,1H2. The van der Waals surface area contributed by atoms with Crippen molar-refractivity contribution < 1.29 is 4.79 Å². The average Bonchev–Trinajstić information content (AvgIpc) is 2.62. The molecule has 0 aromatic carbocycles. The van der Waals surface area contributed by atoms with Crippen LogP contribution >= 0.6 is 0 Å². The minimum atomic E-state index is 0.417. The van der Waals surface area contributed by atoms with Gasteiger partial charge in [-0.25, -0.2) is 4.68 Å². The van der Waals surface area contributed by atoms with Crippen molar-refractivity contribution in [2.24, 2.45) is 0 Å². The van der Waals surface area contributed by atoms with E-state index < -0.39 is 0 Å². The third-order valence-electron chi connectivity index (χ3n) is 2.80. The van der Waals surface area contributed by atoms with Gasteiger partial charge in [0.2, 0.25) is 0 Å². The number of pyridine rings is 1. The SMILES string of the molecule is O=Cc1nn2c(c1-c1ccccn1)C=CCC=C2. The number of fused-ring (bicyclic) bond motifs is 1. The van der Waals surface area contributed by atoms with Crippen LogP contribution in [-0.4, -0.2) is 21.1 Å². The fourth-order valence-electron chi connectivity index (χ4n) is 2.01. The Morgan fingerprint density at radius 2 is 2.22 bits per heavy atom. The summed E-state index contributed by atoms with van der Waals surface area (Å²) in [5.41, 5.74) is 2.86. The van der Waals surface area contributed by atoms with Gasteiger partial charge < -0.3 is 0 Å². The van der Waals surface area contributed by atoms with Crippen LogP contribution in [0.25, 0.3) is 23.5 Å². The van der Waals surface area contributed by atoms with Crippen molar-refractivity contribution in [3.63, 3.8) is 0 Å². The summed E-state index contributed by atoms with van der Waals surface area (Å²) in [4.78, 5) is 15.5. The van der Waals surface area contributed by atoms with Crippen molar-refractivity contribution in [2.75, 3.05) is 0 Å². The first-order valence-electron chi connectivity index (χ1n) is 5.72. The van der Waals surface area contributed by atoms with Gasteiger partial charge in [-0.3, -0.25) is 9.78 Å². The first kappa shape index (κ1) is 10.7. The van der Waals surface area contributed by atoms with Gasteiger partial charge in [0, 0.05) is 12.4 Å². The van der Waals surface area contributed by atoms with Gasteiger partial charge in [-0.2, -0.15) is 5.10 Å². The molecule has 3 heterocycles. The number of rotatable bonds is 2. The number of allylic oxidation sites excluding steroid dienone is 2. The van der Waals surface area contributed by atoms with E-state index in [9.17, 15) is 4.79 Å². The summed E-state index contributed by atoms with van der Waals surface area (Å²) in [6, 6.07) is 5.63. The second-order valence-corrected chi connectivity index (χ2v) is 3.95. The lowest BCUT2D eigenvalue weighted by Gasteiger charge is -2.00. The maximum Gasteiger partial charge on any atom is 0.171 e. The monoisotopic (exact) mass is 237 g/mol. The van der Waals surface area contributed by atoms with E-state index in [0.29, 0.717) is 5.69 Å². The van der Waals surface area contributed by atoms with Crippen molar-refractivity contribution in [1.82, 2.24) is 14.8 Å². The molecule has 0 aliphatic carbocycles. The Kier molecular flexibility index (Phi) is 2.61.